The number of anilines is 2. The molecule has 0 radical (unpaired) electrons. The molecular weight excluding hydrogens is 716 g/mol. The molecule has 0 saturated heterocycles. The van der Waals surface area contributed by atoms with Gasteiger partial charge in [0.05, 0.1) is 33.6 Å². The quantitative estimate of drug-likeness (QED) is 0.0871. The van der Waals surface area contributed by atoms with Crippen molar-refractivity contribution in [1.82, 2.24) is 0 Å². The van der Waals surface area contributed by atoms with Gasteiger partial charge in [0.1, 0.15) is 23.0 Å². The third-order valence-electron chi connectivity index (χ3n) is 9.77. The lowest BCUT2D eigenvalue weighted by atomic mass is 9.78. The van der Waals surface area contributed by atoms with Gasteiger partial charge in [0.15, 0.2) is 23.0 Å². The number of phenolic OH excluding ortho intramolecular Hbond substituents is 4. The van der Waals surface area contributed by atoms with Gasteiger partial charge < -0.3 is 29.9 Å². The van der Waals surface area contributed by atoms with Gasteiger partial charge in [-0.25, -0.2) is 9.80 Å². The van der Waals surface area contributed by atoms with Crippen LogP contribution in [0.25, 0.3) is 0 Å². The fourth-order valence-corrected chi connectivity index (χ4v) is 6.66. The van der Waals surface area contributed by atoms with Crippen molar-refractivity contribution >= 4 is 35.0 Å². The SMILES string of the molecule is C.CC(C)(c1ccc(Oc2ccc3c(c2)C(=O)N(c2ccc(O)c(O)c2)C3=O)cc1)c1ccc(Oc2ccc3c(c2)C(=O)N(c2ccc(O)c(O)c2)C3=O)cc1. The number of ether oxygens (including phenoxy) is 2. The minimum Gasteiger partial charge on any atom is -0.504 e. The molecule has 0 atom stereocenters. The zero-order valence-corrected chi connectivity index (χ0v) is 29.2. The van der Waals surface area contributed by atoms with E-state index in [9.17, 15) is 39.6 Å². The summed E-state index contributed by atoms with van der Waals surface area (Å²) in [5.41, 5.74) is 2.49. The molecule has 280 valence electrons. The Balaban J connectivity index is 0.00000480. The van der Waals surface area contributed by atoms with E-state index >= 15 is 0 Å². The van der Waals surface area contributed by atoms with Gasteiger partial charge in [-0.05, 0) is 96.1 Å². The Hall–Kier alpha value is -7.60. The number of aromatic hydroxyl groups is 4. The Morgan fingerprint density at radius 2 is 0.750 bits per heavy atom. The largest absolute Gasteiger partial charge is 0.504 e. The number of carbonyl (C=O) groups is 4. The molecule has 6 aromatic carbocycles. The van der Waals surface area contributed by atoms with Crippen LogP contribution in [0.4, 0.5) is 11.4 Å². The molecule has 6 aromatic rings. The molecule has 0 bridgehead atoms. The summed E-state index contributed by atoms with van der Waals surface area (Å²) in [5.74, 6) is -2.17. The summed E-state index contributed by atoms with van der Waals surface area (Å²) in [7, 11) is 0. The Labute approximate surface area is 320 Å². The zero-order chi connectivity index (χ0) is 38.8. The first-order valence-corrected chi connectivity index (χ1v) is 17.0. The molecule has 56 heavy (non-hydrogen) atoms. The molecule has 2 aliphatic heterocycles. The number of amides is 4. The fourth-order valence-electron chi connectivity index (χ4n) is 6.66. The van der Waals surface area contributed by atoms with Crippen LogP contribution in [0.15, 0.2) is 121 Å². The van der Waals surface area contributed by atoms with Crippen molar-refractivity contribution < 1.29 is 49.1 Å². The minimum absolute atomic E-state index is 0. The van der Waals surface area contributed by atoms with Crippen LogP contribution >= 0.6 is 0 Å². The maximum atomic E-state index is 13.2. The van der Waals surface area contributed by atoms with Crippen molar-refractivity contribution in [3.05, 3.63) is 155 Å². The first kappa shape index (κ1) is 36.7. The third kappa shape index (κ3) is 6.18. The van der Waals surface area contributed by atoms with E-state index in [2.05, 4.69) is 13.8 Å². The van der Waals surface area contributed by atoms with Gasteiger partial charge in [0, 0.05) is 17.5 Å². The lowest BCUT2D eigenvalue weighted by molar-refractivity contribution is 0.0910. The highest BCUT2D eigenvalue weighted by atomic mass is 16.5. The Bertz CT molecular complexity index is 2420. The van der Waals surface area contributed by atoms with Crippen LogP contribution in [0, 0.1) is 0 Å². The summed E-state index contributed by atoms with van der Waals surface area (Å²) in [6.45, 7) is 4.15. The van der Waals surface area contributed by atoms with E-state index in [0.29, 0.717) is 23.0 Å². The van der Waals surface area contributed by atoms with Crippen LogP contribution < -0.4 is 19.3 Å². The first-order valence-electron chi connectivity index (χ1n) is 17.0. The predicted molar refractivity (Wildman–Crippen MR) is 207 cm³/mol. The number of imide groups is 2. The van der Waals surface area contributed by atoms with Gasteiger partial charge >= 0.3 is 0 Å². The highest BCUT2D eigenvalue weighted by Gasteiger charge is 2.38. The van der Waals surface area contributed by atoms with E-state index in [1.807, 2.05) is 48.5 Å². The normalized spacial score (nSPS) is 13.4. The number of hydrogen-bond acceptors (Lipinski definition) is 10. The van der Waals surface area contributed by atoms with Gasteiger partial charge in [-0.15, -0.1) is 0 Å². The molecule has 0 aromatic heterocycles. The van der Waals surface area contributed by atoms with Crippen molar-refractivity contribution in [3.8, 4) is 46.0 Å². The second-order valence-electron chi connectivity index (χ2n) is 13.5. The van der Waals surface area contributed by atoms with Crippen molar-refractivity contribution in [3.63, 3.8) is 0 Å². The summed E-state index contributed by atoms with van der Waals surface area (Å²) >= 11 is 0. The fraction of sp³-hybridized carbons (Fsp3) is 0.0909. The average molecular weight is 751 g/mol. The molecule has 12 heteroatoms. The number of fused-ring (bicyclic) bond motifs is 2. The molecule has 0 saturated carbocycles. The maximum absolute atomic E-state index is 13.2. The lowest BCUT2D eigenvalue weighted by Crippen LogP contribution is -2.29. The van der Waals surface area contributed by atoms with E-state index in [4.69, 9.17) is 9.47 Å². The summed E-state index contributed by atoms with van der Waals surface area (Å²) in [6, 6.07) is 31.6. The van der Waals surface area contributed by atoms with Gasteiger partial charge in [0.25, 0.3) is 23.6 Å². The van der Waals surface area contributed by atoms with Crippen molar-refractivity contribution in [2.45, 2.75) is 26.7 Å². The summed E-state index contributed by atoms with van der Waals surface area (Å²) in [6.07, 6.45) is 0. The maximum Gasteiger partial charge on any atom is 0.266 e. The topological polar surface area (TPSA) is 174 Å². The van der Waals surface area contributed by atoms with Crippen molar-refractivity contribution in [1.29, 1.82) is 0 Å². The standard InChI is InChI=1S/C43H30N2O10.CH4/c1-43(2,23-3-9-27(10-4-23)54-29-13-15-31-33(21-29)41(52)44(39(31)50)25-7-17-35(46)37(48)19-25)24-5-11-28(12-6-24)55-30-14-16-32-34(22-30)42(53)45(40(32)51)26-8-18-36(47)38(49)20-26;/h3-22,46-49H,1-2H3;1H4. The van der Waals surface area contributed by atoms with E-state index in [1.165, 1.54) is 48.5 Å². The second-order valence-corrected chi connectivity index (χ2v) is 13.5. The molecule has 0 unspecified atom stereocenters. The van der Waals surface area contributed by atoms with Crippen LogP contribution in [-0.4, -0.2) is 44.1 Å². The molecule has 2 aliphatic rings. The molecule has 12 nitrogen and oxygen atoms in total. The molecule has 0 aliphatic carbocycles. The minimum atomic E-state index is -0.580. The summed E-state index contributed by atoms with van der Waals surface area (Å²) in [4.78, 5) is 54.3. The lowest BCUT2D eigenvalue weighted by Gasteiger charge is -2.26. The van der Waals surface area contributed by atoms with E-state index in [1.54, 1.807) is 12.1 Å². The Morgan fingerprint density at radius 3 is 1.11 bits per heavy atom. The highest BCUT2D eigenvalue weighted by molar-refractivity contribution is 6.35. The number of hydrogen-bond donors (Lipinski definition) is 4. The molecule has 4 N–H and O–H groups in total. The predicted octanol–water partition coefficient (Wildman–Crippen LogP) is 8.66. The summed E-state index contributed by atoms with van der Waals surface area (Å²) < 4.78 is 12.1. The van der Waals surface area contributed by atoms with E-state index in [-0.39, 0.29) is 52.6 Å². The van der Waals surface area contributed by atoms with E-state index < -0.39 is 40.5 Å². The Morgan fingerprint density at radius 1 is 0.411 bits per heavy atom. The molecule has 0 fully saturated rings. The van der Waals surface area contributed by atoms with Crippen LogP contribution in [-0.2, 0) is 5.41 Å². The smallest absolute Gasteiger partial charge is 0.266 e. The third-order valence-corrected chi connectivity index (χ3v) is 9.77. The number of rotatable bonds is 8. The molecule has 0 spiro atoms. The number of phenols is 4. The van der Waals surface area contributed by atoms with Crippen LogP contribution in [0.5, 0.6) is 46.0 Å². The van der Waals surface area contributed by atoms with Crippen molar-refractivity contribution in [2.75, 3.05) is 9.80 Å². The first-order chi connectivity index (χ1) is 26.3. The van der Waals surface area contributed by atoms with Crippen LogP contribution in [0.3, 0.4) is 0 Å². The number of carbonyl (C=O) groups excluding carboxylic acids is 4. The van der Waals surface area contributed by atoms with Gasteiger partial charge in [-0.3, -0.25) is 19.2 Å². The summed E-state index contributed by atoms with van der Waals surface area (Å²) in [5, 5.41) is 39.0. The molecule has 8 rings (SSSR count). The van der Waals surface area contributed by atoms with Gasteiger partial charge in [0.2, 0.25) is 0 Å². The molecule has 2 heterocycles. The monoisotopic (exact) mass is 750 g/mol. The second kappa shape index (κ2) is 13.7. The van der Waals surface area contributed by atoms with Gasteiger partial charge in [-0.2, -0.15) is 0 Å². The van der Waals surface area contributed by atoms with E-state index in [0.717, 1.165) is 33.1 Å². The van der Waals surface area contributed by atoms with Crippen LogP contribution in [0.1, 0.15) is 73.8 Å². The number of nitrogens with zero attached hydrogens (tertiary/aromatic N) is 2. The average Bonchev–Trinajstić information content (AvgIpc) is 3.57. The number of benzene rings is 6. The molecule has 4 amide bonds. The Kier molecular flexibility index (Phi) is 8.97. The zero-order valence-electron chi connectivity index (χ0n) is 29.2. The van der Waals surface area contributed by atoms with Crippen molar-refractivity contribution in [2.24, 2.45) is 0 Å². The van der Waals surface area contributed by atoms with Gasteiger partial charge in [-0.1, -0.05) is 45.5 Å². The van der Waals surface area contributed by atoms with Crippen LogP contribution in [0.2, 0.25) is 0 Å². The highest BCUT2D eigenvalue weighted by Crippen LogP contribution is 2.39. The molecular formula is C44H34N2O10.